The Balaban J connectivity index is 2.10. The van der Waals surface area contributed by atoms with Crippen LogP contribution in [0.2, 0.25) is 0 Å². The molecule has 2 fully saturated rings. The molecule has 0 aromatic heterocycles. The molecule has 5 heteroatoms. The van der Waals surface area contributed by atoms with Gasteiger partial charge in [0.15, 0.2) is 0 Å². The second-order valence-corrected chi connectivity index (χ2v) is 8.80. The molecular weight excluding hydrogens is 449 g/mol. The molecule has 2 heterocycles. The summed E-state index contributed by atoms with van der Waals surface area (Å²) in [5.41, 5.74) is 1.20. The number of rotatable bonds is 4. The molecule has 2 aliphatic heterocycles. The zero-order valence-corrected chi connectivity index (χ0v) is 17.8. The van der Waals surface area contributed by atoms with Gasteiger partial charge in [-0.25, -0.2) is 0 Å². The van der Waals surface area contributed by atoms with E-state index in [4.69, 9.17) is 16.3 Å². The van der Waals surface area contributed by atoms with Crippen molar-refractivity contribution in [1.29, 1.82) is 0 Å². The first-order chi connectivity index (χ1) is 12.0. The number of alkyl halides is 1. The first kappa shape index (κ1) is 19.2. The van der Waals surface area contributed by atoms with E-state index in [0.717, 1.165) is 12.8 Å². The minimum absolute atomic E-state index is 0.0804. The summed E-state index contributed by atoms with van der Waals surface area (Å²) < 4.78 is 6.42. The maximum absolute atomic E-state index is 12.8. The molecule has 3 nitrogen and oxygen atoms in total. The fraction of sp³-hybridized carbons (Fsp3) is 0.550. The van der Waals surface area contributed by atoms with E-state index in [9.17, 15) is 4.79 Å². The van der Waals surface area contributed by atoms with E-state index in [2.05, 4.69) is 64.9 Å². The molecule has 1 aromatic carbocycles. The third kappa shape index (κ3) is 3.50. The molecule has 2 saturated heterocycles. The molecule has 0 aliphatic carbocycles. The number of ether oxygens (including phenoxy) is 1. The summed E-state index contributed by atoms with van der Waals surface area (Å²) >= 11 is 9.15. The van der Waals surface area contributed by atoms with E-state index >= 15 is 0 Å². The van der Waals surface area contributed by atoms with Gasteiger partial charge in [0, 0.05) is 27.5 Å². The highest BCUT2D eigenvalue weighted by Crippen LogP contribution is 2.52. The van der Waals surface area contributed by atoms with Crippen LogP contribution < -0.4 is 0 Å². The van der Waals surface area contributed by atoms with Crippen LogP contribution in [0.4, 0.5) is 0 Å². The molecule has 3 rings (SSSR count). The molecule has 6 atom stereocenters. The lowest BCUT2D eigenvalue weighted by atomic mass is 9.68. The second-order valence-electron chi connectivity index (χ2n) is 7.05. The highest BCUT2D eigenvalue weighted by molar-refractivity contribution is 14.1. The maximum Gasteiger partial charge on any atom is 0.310 e. The fourth-order valence-electron chi connectivity index (χ4n) is 4.89. The number of fused-ring (bicyclic) bond motifs is 2. The molecular formula is C20H25ClINO2. The van der Waals surface area contributed by atoms with Gasteiger partial charge in [0.25, 0.3) is 0 Å². The monoisotopic (exact) mass is 473 g/mol. The van der Waals surface area contributed by atoms with Crippen LogP contribution in [-0.4, -0.2) is 42.5 Å². The molecule has 0 radical (unpaired) electrons. The molecule has 2 bridgehead atoms. The number of methoxy groups -OCH3 is 1. The number of nitrogens with zero attached hydrogens (tertiary/aromatic N) is 1. The van der Waals surface area contributed by atoms with E-state index in [1.54, 1.807) is 0 Å². The summed E-state index contributed by atoms with van der Waals surface area (Å²) in [6, 6.07) is 9.15. The van der Waals surface area contributed by atoms with Crippen molar-refractivity contribution in [2.45, 2.75) is 43.1 Å². The topological polar surface area (TPSA) is 29.5 Å². The highest BCUT2D eigenvalue weighted by Gasteiger charge is 2.56. The van der Waals surface area contributed by atoms with Crippen molar-refractivity contribution in [3.8, 4) is 0 Å². The van der Waals surface area contributed by atoms with Crippen molar-refractivity contribution in [2.75, 3.05) is 14.2 Å². The summed E-state index contributed by atoms with van der Waals surface area (Å²) in [6.07, 6.45) is 6.18. The van der Waals surface area contributed by atoms with Crippen molar-refractivity contribution in [2.24, 2.45) is 11.8 Å². The van der Waals surface area contributed by atoms with Crippen LogP contribution in [0.3, 0.4) is 0 Å². The Morgan fingerprint density at radius 2 is 1.96 bits per heavy atom. The molecule has 0 N–H and O–H groups in total. The first-order valence-corrected chi connectivity index (χ1v) is 10.3. The summed E-state index contributed by atoms with van der Waals surface area (Å²) in [6.45, 7) is 2.00. The van der Waals surface area contributed by atoms with E-state index in [1.165, 1.54) is 16.2 Å². The van der Waals surface area contributed by atoms with Gasteiger partial charge in [0.05, 0.1) is 18.4 Å². The van der Waals surface area contributed by atoms with Crippen LogP contribution in [0, 0.1) is 15.4 Å². The van der Waals surface area contributed by atoms with Gasteiger partial charge in [-0.05, 0) is 67.1 Å². The molecule has 2 aliphatic rings. The van der Waals surface area contributed by atoms with Crippen molar-refractivity contribution >= 4 is 40.2 Å². The molecule has 0 spiro atoms. The van der Waals surface area contributed by atoms with Gasteiger partial charge in [-0.2, -0.15) is 0 Å². The molecule has 0 amide bonds. The first-order valence-electron chi connectivity index (χ1n) is 8.81. The zero-order valence-electron chi connectivity index (χ0n) is 14.9. The Morgan fingerprint density at radius 3 is 2.56 bits per heavy atom. The average Bonchev–Trinajstić information content (AvgIpc) is 2.87. The summed E-state index contributed by atoms with van der Waals surface area (Å²) in [4.78, 5) is 15.1. The van der Waals surface area contributed by atoms with Gasteiger partial charge < -0.3 is 4.74 Å². The number of hydrogen-bond acceptors (Lipinski definition) is 3. The maximum atomic E-state index is 12.8. The summed E-state index contributed by atoms with van der Waals surface area (Å²) in [5, 5.41) is -0.104. The SMILES string of the molecule is C/C=C/C(Cl)C1[C@H](c2ccc(I)cc2)[C@H](C(=O)OC)[C@H]2CC[C@@H]1N2C. The quantitative estimate of drug-likeness (QED) is 0.280. The standard InChI is InChI=1S/C20H25ClINO2/c1-4-5-14(21)18-15-10-11-16(23(15)2)19(20(24)25-3)17(18)12-6-8-13(22)9-7-12/h4-9,14-19H,10-11H2,1-3H3/b5-4+/t14?,15-,16+,17-,18?,19+/m0/s1. The fourth-order valence-corrected chi connectivity index (χ4v) is 5.72. The number of allylic oxidation sites excluding steroid dienone is 2. The van der Waals surface area contributed by atoms with E-state index in [1.807, 2.05) is 13.0 Å². The summed E-state index contributed by atoms with van der Waals surface area (Å²) in [7, 11) is 3.63. The van der Waals surface area contributed by atoms with Gasteiger partial charge in [-0.3, -0.25) is 9.69 Å². The minimum Gasteiger partial charge on any atom is -0.469 e. The van der Waals surface area contributed by atoms with Gasteiger partial charge >= 0.3 is 5.97 Å². The van der Waals surface area contributed by atoms with E-state index in [0.29, 0.717) is 6.04 Å². The Kier molecular flexibility index (Phi) is 6.11. The molecule has 136 valence electrons. The minimum atomic E-state index is -0.176. The number of carbonyl (C=O) groups excluding carboxylic acids is 1. The third-order valence-corrected chi connectivity index (χ3v) is 7.09. The number of halogens is 2. The largest absolute Gasteiger partial charge is 0.469 e. The highest BCUT2D eigenvalue weighted by atomic mass is 127. The van der Waals surface area contributed by atoms with Crippen molar-refractivity contribution < 1.29 is 9.53 Å². The zero-order chi connectivity index (χ0) is 18.1. The second kappa shape index (κ2) is 7.97. The van der Waals surface area contributed by atoms with Gasteiger partial charge in [-0.1, -0.05) is 24.3 Å². The van der Waals surface area contributed by atoms with Crippen LogP contribution in [0.1, 0.15) is 31.2 Å². The smallest absolute Gasteiger partial charge is 0.310 e. The number of carbonyl (C=O) groups is 1. The van der Waals surface area contributed by atoms with Crippen molar-refractivity contribution in [3.05, 3.63) is 45.6 Å². The summed E-state index contributed by atoms with van der Waals surface area (Å²) in [5.74, 6) is -0.0250. The lowest BCUT2D eigenvalue weighted by molar-refractivity contribution is -0.151. The van der Waals surface area contributed by atoms with Crippen LogP contribution in [0.15, 0.2) is 36.4 Å². The number of esters is 1. The molecule has 25 heavy (non-hydrogen) atoms. The number of piperidine rings is 1. The number of benzene rings is 1. The number of hydrogen-bond donors (Lipinski definition) is 0. The lowest BCUT2D eigenvalue weighted by Gasteiger charge is -2.48. The Hall–Kier alpha value is -0.590. The van der Waals surface area contributed by atoms with Crippen LogP contribution >= 0.6 is 34.2 Å². The lowest BCUT2D eigenvalue weighted by Crippen LogP contribution is -2.55. The van der Waals surface area contributed by atoms with Crippen LogP contribution in [-0.2, 0) is 9.53 Å². The molecule has 0 saturated carbocycles. The normalized spacial score (nSPS) is 33.6. The average molecular weight is 474 g/mol. The van der Waals surface area contributed by atoms with Crippen LogP contribution in [0.25, 0.3) is 0 Å². The van der Waals surface area contributed by atoms with Gasteiger partial charge in [0.2, 0.25) is 0 Å². The Bertz CT molecular complexity index is 648. The Morgan fingerprint density at radius 1 is 1.32 bits per heavy atom. The van der Waals surface area contributed by atoms with Crippen molar-refractivity contribution in [1.82, 2.24) is 4.90 Å². The van der Waals surface area contributed by atoms with E-state index < -0.39 is 0 Å². The van der Waals surface area contributed by atoms with Crippen LogP contribution in [0.5, 0.6) is 0 Å². The van der Waals surface area contributed by atoms with Gasteiger partial charge in [-0.15, -0.1) is 11.6 Å². The Labute approximate surface area is 168 Å². The molecule has 1 aromatic rings. The predicted molar refractivity (Wildman–Crippen MR) is 110 cm³/mol. The third-order valence-electron chi connectivity index (χ3n) is 5.94. The van der Waals surface area contributed by atoms with Crippen molar-refractivity contribution in [3.63, 3.8) is 0 Å². The molecule has 2 unspecified atom stereocenters. The van der Waals surface area contributed by atoms with Gasteiger partial charge in [0.1, 0.15) is 0 Å². The predicted octanol–water partition coefficient (Wildman–Crippen LogP) is 4.44. The van der Waals surface area contributed by atoms with E-state index in [-0.39, 0.29) is 35.1 Å².